The molecule has 12 rings (SSSR count). The molecule has 118 heavy (non-hydrogen) atoms. The summed E-state index contributed by atoms with van der Waals surface area (Å²) < 4.78 is 44.3. The topological polar surface area (TPSA) is 370 Å². The van der Waals surface area contributed by atoms with Crippen LogP contribution < -0.4 is 89.4 Å². The van der Waals surface area contributed by atoms with E-state index >= 15 is 0 Å². The molecule has 6 heterocycles. The van der Waals surface area contributed by atoms with E-state index in [1.807, 2.05) is 127 Å². The highest BCUT2D eigenvalue weighted by Crippen LogP contribution is 2.41. The molecule has 7 N–H and O–H groups in total. The number of guanidine groups is 1. The number of thioether (sulfide) groups is 3. The molecule has 622 valence electrons. The van der Waals surface area contributed by atoms with E-state index in [0.717, 1.165) is 123 Å². The zero-order chi connectivity index (χ0) is 86.2. The van der Waals surface area contributed by atoms with E-state index in [1.54, 1.807) is 83.3 Å². The number of amidine groups is 1. The van der Waals surface area contributed by atoms with Gasteiger partial charge >= 0.3 is 17.1 Å². The standard InChI is InChI=1S/C28H33N7O3.C28H32N6O3S.C25H30N4O3.C4H6N2S2.CH5N/c1-17-11-18(2)26(19(3)12-17)33-25-15-22-21-14-24(38-6)23(37-5)13-20(21)7-9-34(22)28(36)35(25)10-8-31-27(30-4)32-16-29;1-17-11-18(2)26(19(3)12-17)32-25-15-22-21-14-24(37-5)23(36-4)13-20(21)7-9-33(22)28(35)34(25)10-8-30-27(38-6)31-16-29;1-15-10-16(2)24(17(3)11-15)27-23-14-20-19-13-22(32-5)21(31-4)12-18(19)6-8-28(20)25(30)29(23)9-7-26;1-7-4(8-2)6-3-5;1-2/h11-15H,7-10H2,1-6H3,(H2,30,31,32);11-15H,7-10H2,1-6H3,(H,30,31);10-14H,6-9,26H2,1-5H3;1-2H3;2H2,1H3. The van der Waals surface area contributed by atoms with Crippen molar-refractivity contribution in [2.45, 2.75) is 121 Å². The van der Waals surface area contributed by atoms with Gasteiger partial charge in [0.25, 0.3) is 0 Å². The van der Waals surface area contributed by atoms with E-state index in [0.29, 0.717) is 134 Å². The molecule has 0 spiro atoms. The van der Waals surface area contributed by atoms with Gasteiger partial charge in [-0.3, -0.25) is 48.0 Å². The molecule has 0 saturated carbocycles. The smallest absolute Gasteiger partial charge is 0.330 e. The van der Waals surface area contributed by atoms with Crippen LogP contribution in [0, 0.1) is 96.7 Å². The van der Waals surface area contributed by atoms with E-state index in [4.69, 9.17) is 64.9 Å². The first-order chi connectivity index (χ1) is 56.8. The number of hydrogen-bond acceptors (Lipinski definition) is 23. The number of aryl methyl sites for hydroxylation is 12. The molecule has 0 radical (unpaired) electrons. The average Bonchev–Trinajstić information content (AvgIpc) is 0.759. The van der Waals surface area contributed by atoms with E-state index in [-0.39, 0.29) is 17.1 Å². The second-order valence-corrected chi connectivity index (χ2v) is 30.0. The zero-order valence-corrected chi connectivity index (χ0v) is 73.4. The Hall–Kier alpha value is -12.0. The summed E-state index contributed by atoms with van der Waals surface area (Å²) in [5.41, 5.74) is 32.5. The van der Waals surface area contributed by atoms with E-state index < -0.39 is 0 Å². The first-order valence-corrected chi connectivity index (χ1v) is 41.6. The predicted octanol–water partition coefficient (Wildman–Crippen LogP) is 10.7. The number of ether oxygens (including phenoxy) is 6. The van der Waals surface area contributed by atoms with Crippen molar-refractivity contribution in [3.63, 3.8) is 0 Å². The Kier molecular flexibility index (Phi) is 33.6. The summed E-state index contributed by atoms with van der Waals surface area (Å²) in [6.45, 7) is 22.1. The second kappa shape index (κ2) is 43.3. The number of benzene rings is 6. The number of nitrogens with zero attached hydrogens (tertiary/aromatic N) is 15. The number of nitrogens with two attached hydrogens (primary N) is 2. The van der Waals surface area contributed by atoms with Crippen LogP contribution in [0.5, 0.6) is 34.5 Å². The SMILES string of the molecule is CN.CN=C(NC#N)NCCn1c(=Nc2c(C)cc(C)cc2C)cc2n(c1=O)CCc1cc(OC)c(OC)cc1-2.COc1cc2c(cc1OC)-c1cc(=Nc3c(C)cc(C)cc3C)n(CCN)c(=O)n1CC2.COc1cc2c(cc1OC)-c1cc(=Nc3c(C)cc(C)cc3C)n(CCN=C(NC#N)SC)c(=O)n1CC2.CSC(=NC#N)SC. The Balaban J connectivity index is 0.000000209. The number of hydrogen-bond donors (Lipinski definition) is 5. The van der Waals surface area contributed by atoms with Gasteiger partial charge in [-0.05, 0) is 194 Å². The zero-order valence-electron chi connectivity index (χ0n) is 70.9. The van der Waals surface area contributed by atoms with Crippen molar-refractivity contribution in [1.82, 2.24) is 43.4 Å². The minimum Gasteiger partial charge on any atom is -0.493 e. The van der Waals surface area contributed by atoms with E-state index in [1.165, 1.54) is 47.9 Å². The van der Waals surface area contributed by atoms with Gasteiger partial charge in [-0.25, -0.2) is 29.4 Å². The van der Waals surface area contributed by atoms with Crippen molar-refractivity contribution in [1.29, 1.82) is 15.8 Å². The molecule has 0 atom stereocenters. The summed E-state index contributed by atoms with van der Waals surface area (Å²) in [4.78, 5) is 68.2. The molecule has 3 aliphatic rings. The fourth-order valence-electron chi connectivity index (χ4n) is 14.6. The normalized spacial score (nSPS) is 12.4. The van der Waals surface area contributed by atoms with Gasteiger partial charge in [-0.2, -0.15) is 20.8 Å². The second-order valence-electron chi connectivity index (χ2n) is 27.4. The molecule has 6 aromatic carbocycles. The quantitative estimate of drug-likeness (QED) is 0.0245. The highest BCUT2D eigenvalue weighted by molar-refractivity contribution is 8.38. The van der Waals surface area contributed by atoms with Crippen LogP contribution in [0.1, 0.15) is 66.8 Å². The maximum Gasteiger partial charge on any atom is 0.330 e. The van der Waals surface area contributed by atoms with Gasteiger partial charge < -0.3 is 45.2 Å². The number of aliphatic imine (C=N–C) groups is 3. The maximum absolute atomic E-state index is 13.9. The fraction of sp³-hybridized carbons (Fsp3) is 0.372. The third kappa shape index (κ3) is 21.4. The number of rotatable bonds is 17. The Labute approximate surface area is 701 Å². The van der Waals surface area contributed by atoms with Crippen molar-refractivity contribution in [2.24, 2.45) is 41.4 Å². The lowest BCUT2D eigenvalue weighted by atomic mass is 9.97. The summed E-state index contributed by atoms with van der Waals surface area (Å²) >= 11 is 4.32. The first-order valence-electron chi connectivity index (χ1n) is 37.9. The number of nitrogens with one attached hydrogen (secondary N) is 3. The average molecular weight is 1660 g/mol. The van der Waals surface area contributed by atoms with Crippen LogP contribution >= 0.6 is 35.3 Å². The Morgan fingerprint density at radius 2 is 0.780 bits per heavy atom. The third-order valence-electron chi connectivity index (χ3n) is 19.7. The molecule has 0 amide bonds. The van der Waals surface area contributed by atoms with Gasteiger partial charge in [0.15, 0.2) is 52.1 Å². The minimum absolute atomic E-state index is 0.102. The molecular weight excluding hydrogens is 1550 g/mol. The molecule has 29 nitrogen and oxygen atoms in total. The number of methoxy groups -OCH3 is 6. The lowest BCUT2D eigenvalue weighted by Gasteiger charge is -2.24. The van der Waals surface area contributed by atoms with Crippen LogP contribution in [-0.2, 0) is 58.5 Å². The third-order valence-corrected chi connectivity index (χ3v) is 22.2. The van der Waals surface area contributed by atoms with Crippen molar-refractivity contribution >= 4 is 67.9 Å². The molecule has 0 unspecified atom stereocenters. The molecule has 0 aliphatic carbocycles. The molecule has 3 aliphatic heterocycles. The Morgan fingerprint density at radius 3 is 1.06 bits per heavy atom. The lowest BCUT2D eigenvalue weighted by Crippen LogP contribution is -2.45. The van der Waals surface area contributed by atoms with Crippen molar-refractivity contribution in [3.05, 3.63) is 206 Å². The van der Waals surface area contributed by atoms with Crippen LogP contribution in [0.25, 0.3) is 33.8 Å². The van der Waals surface area contributed by atoms with Crippen LogP contribution in [-0.4, -0.2) is 138 Å². The van der Waals surface area contributed by atoms with Crippen LogP contribution in [0.3, 0.4) is 0 Å². The summed E-state index contributed by atoms with van der Waals surface area (Å²) in [6, 6.07) is 30.3. The van der Waals surface area contributed by atoms with Gasteiger partial charge in [0.2, 0.25) is 12.2 Å². The summed E-state index contributed by atoms with van der Waals surface area (Å²) in [7, 11) is 12.8. The van der Waals surface area contributed by atoms with Crippen molar-refractivity contribution in [3.8, 4) is 86.8 Å². The molecule has 0 bridgehead atoms. The van der Waals surface area contributed by atoms with Crippen molar-refractivity contribution < 1.29 is 28.4 Å². The van der Waals surface area contributed by atoms with E-state index in [9.17, 15) is 14.4 Å². The lowest BCUT2D eigenvalue weighted by molar-refractivity contribution is 0.354. The van der Waals surface area contributed by atoms with Gasteiger partial charge in [0, 0.05) is 94.3 Å². The Bertz CT molecular complexity index is 5790. The highest BCUT2D eigenvalue weighted by Gasteiger charge is 2.27. The van der Waals surface area contributed by atoms with Crippen molar-refractivity contribution in [2.75, 3.05) is 95.2 Å². The van der Waals surface area contributed by atoms with Gasteiger partial charge in [-0.15, -0.1) is 23.5 Å². The molecule has 0 saturated heterocycles. The predicted molar refractivity (Wildman–Crippen MR) is 474 cm³/mol. The van der Waals surface area contributed by atoms with Gasteiger partial charge in [-0.1, -0.05) is 64.9 Å². The number of aromatic nitrogens is 6. The summed E-state index contributed by atoms with van der Waals surface area (Å²) in [5, 5.41) is 34.5. The summed E-state index contributed by atoms with van der Waals surface area (Å²) in [6.07, 6.45) is 13.2. The van der Waals surface area contributed by atoms with Crippen LogP contribution in [0.4, 0.5) is 17.1 Å². The van der Waals surface area contributed by atoms with Crippen LogP contribution in [0.15, 0.2) is 135 Å². The molecule has 3 aromatic heterocycles. The van der Waals surface area contributed by atoms with Crippen LogP contribution in [0.2, 0.25) is 0 Å². The van der Waals surface area contributed by atoms with Gasteiger partial charge in [0.05, 0.1) is 83.3 Å². The monoisotopic (exact) mass is 1660 g/mol. The maximum atomic E-state index is 13.9. The molecule has 9 aromatic rings. The highest BCUT2D eigenvalue weighted by atomic mass is 32.2. The molecule has 32 heteroatoms. The number of fused-ring (bicyclic) bond motifs is 9. The molecule has 0 fully saturated rings. The van der Waals surface area contributed by atoms with E-state index in [2.05, 4.69) is 93.8 Å². The van der Waals surface area contributed by atoms with Gasteiger partial charge in [0.1, 0.15) is 20.8 Å². The molecular formula is C86H106N20O9S3. The summed E-state index contributed by atoms with van der Waals surface area (Å²) in [5.74, 6) is 4.20. The first kappa shape index (κ1) is 91.5. The Morgan fingerprint density at radius 1 is 0.458 bits per heavy atom. The minimum atomic E-state index is -0.158. The number of nitriles is 3. The fourth-order valence-corrected chi connectivity index (χ4v) is 15.9. The largest absolute Gasteiger partial charge is 0.493 e.